The van der Waals surface area contributed by atoms with Crippen molar-refractivity contribution in [3.05, 3.63) is 0 Å². The Labute approximate surface area is 354 Å². The highest BCUT2D eigenvalue weighted by Gasteiger charge is 2.53. The van der Waals surface area contributed by atoms with Crippen LogP contribution in [0.3, 0.4) is 0 Å². The minimum Gasteiger partial charge on any atom is -0.870 e. The van der Waals surface area contributed by atoms with Crippen LogP contribution in [0.5, 0.6) is 0 Å². The third kappa shape index (κ3) is 20.2. The van der Waals surface area contributed by atoms with Gasteiger partial charge in [0.25, 0.3) is 15.6 Å². The number of aliphatic hydroxyl groups is 2. The molecule has 0 bridgehead atoms. The molecule has 0 spiro atoms. The summed E-state index contributed by atoms with van der Waals surface area (Å²) in [6.07, 6.45) is -1.43. The molecule has 5 fully saturated rings. The van der Waals surface area contributed by atoms with Gasteiger partial charge in [0.1, 0.15) is 61.4 Å². The molecule has 8 radical (unpaired) electrons. The third-order valence-corrected chi connectivity index (χ3v) is 10.8. The van der Waals surface area contributed by atoms with Crippen LogP contribution in [0.15, 0.2) is 0 Å². The van der Waals surface area contributed by atoms with Crippen LogP contribution in [0.25, 0.3) is 0 Å². The average molecular weight is 881 g/mol. The minimum atomic E-state index is -4.60. The Kier molecular flexibility index (Phi) is 25.9. The second-order valence-electron chi connectivity index (χ2n) is 15.4. The summed E-state index contributed by atoms with van der Waals surface area (Å²) < 4.78 is 87.2. The van der Waals surface area contributed by atoms with E-state index in [0.717, 1.165) is 7.11 Å². The Hall–Kier alpha value is 0.0397. The Balaban J connectivity index is 0.000000465. The number of aliphatic hydroxyl groups excluding tert-OH is 2. The summed E-state index contributed by atoms with van der Waals surface area (Å²) in [5, 5.41) is 15.9. The predicted molar refractivity (Wildman–Crippen MR) is 211 cm³/mol. The van der Waals surface area contributed by atoms with Gasteiger partial charge in [0, 0.05) is 31.1 Å². The number of hydrogen-bond acceptors (Lipinski definition) is 19. The van der Waals surface area contributed by atoms with Crippen LogP contribution in [0, 0.1) is 0 Å². The van der Waals surface area contributed by atoms with E-state index in [1.165, 1.54) is 0 Å². The molecule has 0 aromatic carbocycles. The van der Waals surface area contributed by atoms with Crippen molar-refractivity contribution in [2.75, 3.05) is 40.1 Å². The van der Waals surface area contributed by atoms with Crippen LogP contribution in [-0.2, 0) is 65.1 Å². The van der Waals surface area contributed by atoms with Gasteiger partial charge in [-0.25, -0.2) is 0 Å². The van der Waals surface area contributed by atoms with Gasteiger partial charge in [0.2, 0.25) is 0 Å². The molecule has 19 nitrogen and oxygen atoms in total. The fraction of sp³-hybridized carbons (Fsp3) is 1.00. The molecule has 2 unspecified atom stereocenters. The van der Waals surface area contributed by atoms with Crippen molar-refractivity contribution >= 4 is 47.0 Å². The predicted octanol–water partition coefficient (Wildman–Crippen LogP) is 0.0786. The highest BCUT2D eigenvalue weighted by atomic mass is 31.2. The van der Waals surface area contributed by atoms with E-state index in [9.17, 15) is 18.9 Å². The van der Waals surface area contributed by atoms with Crippen LogP contribution in [0.2, 0.25) is 0 Å². The molecule has 0 saturated carbocycles. The van der Waals surface area contributed by atoms with E-state index in [0.29, 0.717) is 19.3 Å². The molecule has 5 aliphatic heterocycles. The molecule has 338 valence electrons. The van der Waals surface area contributed by atoms with Gasteiger partial charge in [-0.3, -0.25) is 9.13 Å². The Morgan fingerprint density at radius 2 is 1.22 bits per heavy atom. The Bertz CT molecular complexity index is 1260. The van der Waals surface area contributed by atoms with E-state index in [1.807, 2.05) is 55.4 Å². The number of phosphoric acid groups is 2. The fourth-order valence-electron chi connectivity index (χ4n) is 6.41. The lowest BCUT2D eigenvalue weighted by molar-refractivity contribution is -0.260. The molecule has 0 aromatic rings. The van der Waals surface area contributed by atoms with Crippen LogP contribution in [-0.4, -0.2) is 184 Å². The van der Waals surface area contributed by atoms with E-state index in [2.05, 4.69) is 4.52 Å². The lowest BCUT2D eigenvalue weighted by Gasteiger charge is -2.42. The summed E-state index contributed by atoms with van der Waals surface area (Å²) in [5.41, 5.74) is -0.915. The van der Waals surface area contributed by atoms with Gasteiger partial charge in [0.15, 0.2) is 0 Å². The van der Waals surface area contributed by atoms with Crippen molar-refractivity contribution in [1.82, 2.24) is 0 Å². The van der Waals surface area contributed by atoms with Crippen LogP contribution in [0.1, 0.15) is 81.1 Å². The zero-order valence-corrected chi connectivity index (χ0v) is 37.4. The first-order chi connectivity index (χ1) is 27.0. The zero-order chi connectivity index (χ0) is 44.0. The first-order valence-electron chi connectivity index (χ1n) is 19.6. The summed E-state index contributed by atoms with van der Waals surface area (Å²) in [5.74, 6) is 0. The number of fused-ring (bicyclic) bond motifs is 1. The average Bonchev–Trinajstić information content (AvgIpc) is 3.85. The van der Waals surface area contributed by atoms with E-state index >= 15 is 0 Å². The maximum atomic E-state index is 12.3. The van der Waals surface area contributed by atoms with Crippen LogP contribution >= 0.6 is 15.6 Å². The first kappa shape index (κ1) is 57.1. The van der Waals surface area contributed by atoms with E-state index in [1.54, 1.807) is 0 Å². The summed E-state index contributed by atoms with van der Waals surface area (Å²) in [7, 11) is 14.9. The molecule has 0 aromatic heterocycles. The maximum absolute atomic E-state index is 12.3. The standard InChI is InChI=1S/C16H29B2O8P.C9H16BO6P.C8H15BO3.CH4O.H2O/c1-9(2)21-7-13-12(6-16(18)24-13)26-27(19,20)22-8-14-11(23-10(3)4)5-15(17)25-14;1-6(2)13-4-9-5-14-17(11,12)16-7(9)3-8(10)15-9;1-5(2)11-6-3-8(9)12-7(6)4-10;1-2;/h9-16H,5-8H2,1-4H3,(H,19,20);6-8H,3-5H2,1-2H3,(H,11,12);5-8,10H,3-4H2,1-2H3;2H,1H3;1H2/p-3/t11-,12-,13-,14-,15-,16-;7-,8-,9+;6-,7-,8-;;/m111../s1. The van der Waals surface area contributed by atoms with Gasteiger partial charge >= 0.3 is 0 Å². The molecule has 0 amide bonds. The van der Waals surface area contributed by atoms with Gasteiger partial charge in [-0.15, -0.1) is 0 Å². The molecule has 5 heterocycles. The summed E-state index contributed by atoms with van der Waals surface area (Å²) in [4.78, 5) is 23.5. The normalized spacial score (nSPS) is 37.5. The van der Waals surface area contributed by atoms with Crippen molar-refractivity contribution in [3.8, 4) is 0 Å². The van der Waals surface area contributed by atoms with Gasteiger partial charge in [0.05, 0.1) is 75.8 Å². The molecule has 3 N–H and O–H groups in total. The Morgan fingerprint density at radius 1 is 0.746 bits per heavy atom. The largest absolute Gasteiger partial charge is 0.870 e. The minimum absolute atomic E-state index is 0. The topological polar surface area (TPSA) is 261 Å². The van der Waals surface area contributed by atoms with E-state index in [4.69, 9.17) is 93.1 Å². The van der Waals surface area contributed by atoms with Gasteiger partial charge in [-0.05, 0) is 81.1 Å². The third-order valence-electron chi connectivity index (χ3n) is 8.82. The molecular weight excluding hydrogens is 818 g/mol. The number of phosphoric ester groups is 2. The smallest absolute Gasteiger partial charge is 0.268 e. The first-order valence-corrected chi connectivity index (χ1v) is 22.5. The Morgan fingerprint density at radius 3 is 1.71 bits per heavy atom. The van der Waals surface area contributed by atoms with Gasteiger partial charge < -0.3 is 81.5 Å². The summed E-state index contributed by atoms with van der Waals surface area (Å²) in [6.45, 7) is 15.2. The number of rotatable bonds is 16. The lowest BCUT2D eigenvalue weighted by Crippen LogP contribution is -2.52. The van der Waals surface area contributed by atoms with Gasteiger partial charge in [-0.2, -0.15) is 0 Å². The van der Waals surface area contributed by atoms with Crippen LogP contribution in [0.4, 0.5) is 0 Å². The highest BCUT2D eigenvalue weighted by Crippen LogP contribution is 2.52. The molecule has 5 saturated heterocycles. The van der Waals surface area contributed by atoms with Crippen molar-refractivity contribution in [2.24, 2.45) is 0 Å². The summed E-state index contributed by atoms with van der Waals surface area (Å²) in [6, 6.07) is -1.98. The quantitative estimate of drug-likeness (QED) is 0.154. The van der Waals surface area contributed by atoms with Crippen molar-refractivity contribution in [2.45, 2.75) is 178 Å². The van der Waals surface area contributed by atoms with Crippen molar-refractivity contribution in [1.29, 1.82) is 0 Å². The van der Waals surface area contributed by atoms with E-state index in [-0.39, 0.29) is 93.7 Å². The lowest BCUT2D eigenvalue weighted by atomic mass is 9.93. The van der Waals surface area contributed by atoms with Crippen LogP contribution < -0.4 is 9.79 Å². The van der Waals surface area contributed by atoms with Crippen molar-refractivity contribution in [3.63, 3.8) is 0 Å². The molecule has 0 aliphatic carbocycles. The second kappa shape index (κ2) is 26.7. The SMILES string of the molecule is CO.[B][C@H]1C[C@@H](OC(C)C)[C@@H](CO)O1.[B][C@H]1C[C@@H](OC(C)C)[C@@H](COP(=O)([O-])O[C@@H]2C[C@H]([B])O[C@@H]2COC(C)C)O1.[B][C@H]1C[C@H]2OP(=O)([O-])OC[C@]2(COC(C)C)O1.[OH-]. The highest BCUT2D eigenvalue weighted by molar-refractivity contribution is 7.46. The van der Waals surface area contributed by atoms with Crippen molar-refractivity contribution < 1.29 is 90.6 Å². The molecule has 14 atom stereocenters. The molecule has 59 heavy (non-hydrogen) atoms. The summed E-state index contributed by atoms with van der Waals surface area (Å²) >= 11 is 0. The molecule has 25 heteroatoms. The molecular formula is C34H63B4O19P2-3. The number of hydrogen-bond donors (Lipinski definition) is 2. The monoisotopic (exact) mass is 881 g/mol. The van der Waals surface area contributed by atoms with Gasteiger partial charge in [-0.1, -0.05) is 0 Å². The fourth-order valence-corrected chi connectivity index (χ4v) is 8.38. The molecule has 5 aliphatic rings. The maximum Gasteiger partial charge on any atom is 0.268 e. The van der Waals surface area contributed by atoms with E-state index < -0.39 is 63.7 Å². The number of ether oxygens (including phenoxy) is 8. The molecule has 5 rings (SSSR count). The zero-order valence-electron chi connectivity index (χ0n) is 35.6. The second-order valence-corrected chi connectivity index (χ2v) is 18.1.